The van der Waals surface area contributed by atoms with E-state index in [9.17, 15) is 0 Å². The topological polar surface area (TPSA) is 114 Å². The number of aryl methyl sites for hydroxylation is 1. The SMILES string of the molecule is CCc1cccc(CCOc2nc(N=NC(C)c3c[nH]c4ccccc34)nc(N3CCOCC3)n2)n1. The van der Waals surface area contributed by atoms with Crippen LogP contribution in [0.3, 0.4) is 0 Å². The molecule has 1 unspecified atom stereocenters. The number of anilines is 1. The van der Waals surface area contributed by atoms with E-state index in [0.29, 0.717) is 45.3 Å². The molecule has 1 saturated heterocycles. The van der Waals surface area contributed by atoms with Crippen LogP contribution in [0.5, 0.6) is 6.01 Å². The predicted octanol–water partition coefficient (Wildman–Crippen LogP) is 4.61. The van der Waals surface area contributed by atoms with Crippen LogP contribution < -0.4 is 9.64 Å². The van der Waals surface area contributed by atoms with Crippen LogP contribution in [-0.4, -0.2) is 57.8 Å². The summed E-state index contributed by atoms with van der Waals surface area (Å²) in [5.41, 5.74) is 4.17. The molecule has 186 valence electrons. The number of azo groups is 1. The average Bonchev–Trinajstić information content (AvgIpc) is 3.37. The fourth-order valence-corrected chi connectivity index (χ4v) is 4.10. The molecule has 4 heterocycles. The van der Waals surface area contributed by atoms with Crippen molar-refractivity contribution in [1.29, 1.82) is 0 Å². The van der Waals surface area contributed by atoms with Gasteiger partial charge in [0.2, 0.25) is 5.95 Å². The third kappa shape index (κ3) is 5.65. The average molecular weight is 487 g/mol. The molecule has 1 aliphatic rings. The van der Waals surface area contributed by atoms with Crippen molar-refractivity contribution in [3.8, 4) is 6.01 Å². The molecule has 5 rings (SSSR count). The van der Waals surface area contributed by atoms with Gasteiger partial charge in [0.25, 0.3) is 5.95 Å². The van der Waals surface area contributed by atoms with Gasteiger partial charge in [-0.2, -0.15) is 20.1 Å². The lowest BCUT2D eigenvalue weighted by molar-refractivity contribution is 0.122. The highest BCUT2D eigenvalue weighted by Gasteiger charge is 2.18. The summed E-state index contributed by atoms with van der Waals surface area (Å²) in [4.78, 5) is 23.5. The first kappa shape index (κ1) is 23.8. The van der Waals surface area contributed by atoms with Gasteiger partial charge in [-0.1, -0.05) is 31.2 Å². The van der Waals surface area contributed by atoms with Crippen LogP contribution in [0.15, 0.2) is 58.9 Å². The number of morpholine rings is 1. The molecular formula is C26H30N8O2. The molecule has 0 radical (unpaired) electrons. The van der Waals surface area contributed by atoms with Crippen molar-refractivity contribution < 1.29 is 9.47 Å². The van der Waals surface area contributed by atoms with E-state index < -0.39 is 0 Å². The Hall–Kier alpha value is -3.92. The molecule has 36 heavy (non-hydrogen) atoms. The maximum Gasteiger partial charge on any atom is 0.323 e. The highest BCUT2D eigenvalue weighted by Crippen LogP contribution is 2.27. The normalized spacial score (nSPS) is 15.0. The van der Waals surface area contributed by atoms with Crippen molar-refractivity contribution in [2.45, 2.75) is 32.7 Å². The minimum absolute atomic E-state index is 0.175. The Labute approximate surface area is 209 Å². The van der Waals surface area contributed by atoms with E-state index in [2.05, 4.69) is 48.1 Å². The molecule has 4 aromatic rings. The summed E-state index contributed by atoms with van der Waals surface area (Å²) in [5.74, 6) is 0.738. The van der Waals surface area contributed by atoms with Crippen LogP contribution in [0.1, 0.15) is 36.8 Å². The van der Waals surface area contributed by atoms with Gasteiger partial charge in [-0.3, -0.25) is 4.98 Å². The van der Waals surface area contributed by atoms with Crippen LogP contribution >= 0.6 is 0 Å². The maximum atomic E-state index is 5.93. The van der Waals surface area contributed by atoms with Crippen LogP contribution in [0.2, 0.25) is 0 Å². The number of para-hydroxylation sites is 1. The molecule has 1 aliphatic heterocycles. The van der Waals surface area contributed by atoms with E-state index in [1.165, 1.54) is 0 Å². The van der Waals surface area contributed by atoms with E-state index >= 15 is 0 Å². The second-order valence-corrected chi connectivity index (χ2v) is 8.57. The molecule has 1 aromatic carbocycles. The van der Waals surface area contributed by atoms with Gasteiger partial charge in [0.1, 0.15) is 0 Å². The molecule has 0 bridgehead atoms. The smallest absolute Gasteiger partial charge is 0.323 e. The number of aromatic nitrogens is 5. The second-order valence-electron chi connectivity index (χ2n) is 8.57. The Kier molecular flexibility index (Phi) is 7.41. The highest BCUT2D eigenvalue weighted by atomic mass is 16.5. The van der Waals surface area contributed by atoms with Crippen LogP contribution in [0.4, 0.5) is 11.9 Å². The van der Waals surface area contributed by atoms with Crippen molar-refractivity contribution in [1.82, 2.24) is 24.9 Å². The Balaban J connectivity index is 1.34. The molecule has 10 heteroatoms. The van der Waals surface area contributed by atoms with Gasteiger partial charge < -0.3 is 19.4 Å². The lowest BCUT2D eigenvalue weighted by Crippen LogP contribution is -2.37. The van der Waals surface area contributed by atoms with E-state index in [0.717, 1.165) is 34.3 Å². The Bertz CT molecular complexity index is 1330. The summed E-state index contributed by atoms with van der Waals surface area (Å²) in [6.45, 7) is 7.12. The molecule has 1 atom stereocenters. The van der Waals surface area contributed by atoms with Gasteiger partial charge in [-0.15, -0.1) is 5.11 Å². The number of nitrogens with zero attached hydrogens (tertiary/aromatic N) is 7. The van der Waals surface area contributed by atoms with Crippen molar-refractivity contribution in [2.75, 3.05) is 37.8 Å². The molecular weight excluding hydrogens is 456 g/mol. The Morgan fingerprint density at radius 1 is 1.03 bits per heavy atom. The minimum Gasteiger partial charge on any atom is -0.463 e. The second kappa shape index (κ2) is 11.2. The Morgan fingerprint density at radius 3 is 2.72 bits per heavy atom. The molecule has 0 amide bonds. The fourth-order valence-electron chi connectivity index (χ4n) is 4.10. The van der Waals surface area contributed by atoms with E-state index in [-0.39, 0.29) is 18.0 Å². The summed E-state index contributed by atoms with van der Waals surface area (Å²) in [5, 5.41) is 10.0. The third-order valence-corrected chi connectivity index (χ3v) is 6.09. The first-order chi connectivity index (χ1) is 17.7. The molecule has 1 fully saturated rings. The third-order valence-electron chi connectivity index (χ3n) is 6.09. The van der Waals surface area contributed by atoms with Gasteiger partial charge >= 0.3 is 6.01 Å². The first-order valence-electron chi connectivity index (χ1n) is 12.3. The monoisotopic (exact) mass is 486 g/mol. The van der Waals surface area contributed by atoms with Gasteiger partial charge in [-0.05, 0) is 31.5 Å². The van der Waals surface area contributed by atoms with E-state index in [1.54, 1.807) is 0 Å². The summed E-state index contributed by atoms with van der Waals surface area (Å²) in [6, 6.07) is 14.2. The van der Waals surface area contributed by atoms with Gasteiger partial charge in [-0.25, -0.2) is 0 Å². The molecule has 0 spiro atoms. The van der Waals surface area contributed by atoms with Gasteiger partial charge in [0, 0.05) is 53.6 Å². The quantitative estimate of drug-likeness (QED) is 0.344. The summed E-state index contributed by atoms with van der Waals surface area (Å²) in [7, 11) is 0. The first-order valence-corrected chi connectivity index (χ1v) is 12.3. The summed E-state index contributed by atoms with van der Waals surface area (Å²) < 4.78 is 11.4. The van der Waals surface area contributed by atoms with Crippen molar-refractivity contribution in [3.63, 3.8) is 0 Å². The van der Waals surface area contributed by atoms with Crippen LogP contribution in [-0.2, 0) is 17.6 Å². The number of rotatable bonds is 9. The lowest BCUT2D eigenvalue weighted by atomic mass is 10.1. The maximum absolute atomic E-state index is 5.93. The van der Waals surface area contributed by atoms with Crippen LogP contribution in [0.25, 0.3) is 10.9 Å². The highest BCUT2D eigenvalue weighted by molar-refractivity contribution is 5.83. The molecule has 0 aliphatic carbocycles. The number of ether oxygens (including phenoxy) is 2. The van der Waals surface area contributed by atoms with Crippen molar-refractivity contribution in [2.24, 2.45) is 10.2 Å². The van der Waals surface area contributed by atoms with E-state index in [4.69, 9.17) is 9.47 Å². The zero-order valence-electron chi connectivity index (χ0n) is 20.6. The number of pyridine rings is 1. The van der Waals surface area contributed by atoms with E-state index in [1.807, 2.05) is 54.4 Å². The molecule has 10 nitrogen and oxygen atoms in total. The number of hydrogen-bond acceptors (Lipinski definition) is 9. The van der Waals surface area contributed by atoms with Gasteiger partial charge in [0.15, 0.2) is 0 Å². The fraction of sp³-hybridized carbons (Fsp3) is 0.385. The summed E-state index contributed by atoms with van der Waals surface area (Å²) in [6.07, 6.45) is 3.52. The molecule has 1 N–H and O–H groups in total. The van der Waals surface area contributed by atoms with Crippen LogP contribution in [0, 0.1) is 0 Å². The number of benzene rings is 1. The Morgan fingerprint density at radius 2 is 1.86 bits per heavy atom. The molecule has 3 aromatic heterocycles. The number of fused-ring (bicyclic) bond motifs is 1. The number of nitrogens with one attached hydrogen (secondary N) is 1. The number of aromatic amines is 1. The van der Waals surface area contributed by atoms with Gasteiger partial charge in [0.05, 0.1) is 25.9 Å². The van der Waals surface area contributed by atoms with Crippen molar-refractivity contribution in [3.05, 3.63) is 65.6 Å². The molecule has 0 saturated carbocycles. The largest absolute Gasteiger partial charge is 0.463 e. The number of H-pyrrole nitrogens is 1. The van der Waals surface area contributed by atoms with Crippen molar-refractivity contribution >= 4 is 22.8 Å². The minimum atomic E-state index is -0.175. The summed E-state index contributed by atoms with van der Waals surface area (Å²) >= 11 is 0. The zero-order chi connectivity index (χ0) is 24.7. The lowest BCUT2D eigenvalue weighted by Gasteiger charge is -2.26. The number of hydrogen-bond donors (Lipinski definition) is 1. The zero-order valence-corrected chi connectivity index (χ0v) is 20.6. The standard InChI is InChI=1S/C26H30N8O2/c1-3-19-7-6-8-20(28-19)11-14-36-26-30-24(29-25(31-26)34-12-15-35-16-13-34)33-32-18(2)22-17-27-23-10-5-4-9-21(22)23/h4-10,17-18,27H,3,11-16H2,1-2H3. The predicted molar refractivity (Wildman–Crippen MR) is 137 cm³/mol.